The molecule has 0 bridgehead atoms. The Morgan fingerprint density at radius 1 is 1.35 bits per heavy atom. The van der Waals surface area contributed by atoms with E-state index < -0.39 is 0 Å². The van der Waals surface area contributed by atoms with E-state index in [2.05, 4.69) is 11.9 Å². The molecule has 0 aliphatic carbocycles. The summed E-state index contributed by atoms with van der Waals surface area (Å²) in [6, 6.07) is 10.0. The SMILES string of the molecule is CCCN(Cc1ccccc1)C(=O)c1csc(CN)n1. The number of hydrogen-bond donors (Lipinski definition) is 1. The molecule has 0 saturated heterocycles. The molecule has 5 heteroatoms. The highest BCUT2D eigenvalue weighted by atomic mass is 32.1. The van der Waals surface area contributed by atoms with Crippen LogP contribution in [0.4, 0.5) is 0 Å². The van der Waals surface area contributed by atoms with Crippen LogP contribution in [-0.4, -0.2) is 22.3 Å². The van der Waals surface area contributed by atoms with Crippen molar-refractivity contribution in [3.8, 4) is 0 Å². The first-order valence-electron chi connectivity index (χ1n) is 6.72. The van der Waals surface area contributed by atoms with Crippen molar-refractivity contribution >= 4 is 17.2 Å². The van der Waals surface area contributed by atoms with Gasteiger partial charge in [0.15, 0.2) is 0 Å². The fourth-order valence-corrected chi connectivity index (χ4v) is 2.64. The Morgan fingerprint density at radius 3 is 2.70 bits per heavy atom. The minimum atomic E-state index is -0.0216. The molecule has 2 N–H and O–H groups in total. The molecular weight excluding hydrogens is 270 g/mol. The summed E-state index contributed by atoms with van der Waals surface area (Å²) < 4.78 is 0. The van der Waals surface area contributed by atoms with Gasteiger partial charge in [0, 0.05) is 25.0 Å². The van der Waals surface area contributed by atoms with Crippen molar-refractivity contribution in [2.24, 2.45) is 5.73 Å². The molecule has 1 aromatic carbocycles. The molecule has 1 amide bonds. The largest absolute Gasteiger partial charge is 0.333 e. The summed E-state index contributed by atoms with van der Waals surface area (Å²) in [5, 5.41) is 2.59. The number of rotatable bonds is 6. The zero-order valence-corrected chi connectivity index (χ0v) is 12.4. The minimum Gasteiger partial charge on any atom is -0.333 e. The predicted octanol–water partition coefficient (Wildman–Crippen LogP) is 2.65. The lowest BCUT2D eigenvalue weighted by molar-refractivity contribution is 0.0738. The van der Waals surface area contributed by atoms with Crippen LogP contribution in [0.25, 0.3) is 0 Å². The van der Waals surface area contributed by atoms with Crippen LogP contribution in [0.2, 0.25) is 0 Å². The van der Waals surface area contributed by atoms with Crippen molar-refractivity contribution in [3.63, 3.8) is 0 Å². The maximum absolute atomic E-state index is 12.5. The monoisotopic (exact) mass is 289 g/mol. The smallest absolute Gasteiger partial charge is 0.273 e. The summed E-state index contributed by atoms with van der Waals surface area (Å²) >= 11 is 1.44. The van der Waals surface area contributed by atoms with Crippen molar-refractivity contribution in [1.29, 1.82) is 0 Å². The molecule has 0 aliphatic heterocycles. The van der Waals surface area contributed by atoms with Crippen LogP contribution >= 0.6 is 11.3 Å². The fourth-order valence-electron chi connectivity index (χ4n) is 1.99. The highest BCUT2D eigenvalue weighted by Crippen LogP contribution is 2.14. The van der Waals surface area contributed by atoms with Gasteiger partial charge in [-0.15, -0.1) is 11.3 Å². The first-order chi connectivity index (χ1) is 9.74. The summed E-state index contributed by atoms with van der Waals surface area (Å²) in [4.78, 5) is 18.6. The van der Waals surface area contributed by atoms with Gasteiger partial charge in [0.25, 0.3) is 5.91 Å². The van der Waals surface area contributed by atoms with Gasteiger partial charge in [-0.2, -0.15) is 0 Å². The highest BCUT2D eigenvalue weighted by molar-refractivity contribution is 7.09. The van der Waals surface area contributed by atoms with E-state index in [1.54, 1.807) is 5.38 Å². The average Bonchev–Trinajstić information content (AvgIpc) is 2.96. The van der Waals surface area contributed by atoms with Gasteiger partial charge in [-0.25, -0.2) is 4.98 Å². The van der Waals surface area contributed by atoms with Crippen LogP contribution in [0.5, 0.6) is 0 Å². The molecule has 0 atom stereocenters. The molecule has 0 radical (unpaired) electrons. The molecule has 4 nitrogen and oxygen atoms in total. The van der Waals surface area contributed by atoms with Gasteiger partial charge in [-0.1, -0.05) is 37.3 Å². The second-order valence-electron chi connectivity index (χ2n) is 4.54. The second-order valence-corrected chi connectivity index (χ2v) is 5.49. The fraction of sp³-hybridized carbons (Fsp3) is 0.333. The van der Waals surface area contributed by atoms with E-state index in [4.69, 9.17) is 5.73 Å². The minimum absolute atomic E-state index is 0.0216. The number of benzene rings is 1. The van der Waals surface area contributed by atoms with Gasteiger partial charge in [0.2, 0.25) is 0 Å². The van der Waals surface area contributed by atoms with Gasteiger partial charge < -0.3 is 10.6 Å². The summed E-state index contributed by atoms with van der Waals surface area (Å²) in [7, 11) is 0. The molecule has 0 saturated carbocycles. The number of nitrogens with zero attached hydrogens (tertiary/aromatic N) is 2. The Bertz CT molecular complexity index is 553. The molecule has 1 aromatic heterocycles. The molecular formula is C15H19N3OS. The predicted molar refractivity (Wildman–Crippen MR) is 81.5 cm³/mol. The van der Waals surface area contributed by atoms with E-state index in [1.807, 2.05) is 35.2 Å². The van der Waals surface area contributed by atoms with Gasteiger partial charge in [0.05, 0.1) is 0 Å². The molecule has 0 spiro atoms. The Labute approximate surface area is 123 Å². The molecule has 0 aliphatic rings. The summed E-state index contributed by atoms with van der Waals surface area (Å²) in [6.45, 7) is 3.79. The molecule has 1 heterocycles. The second kappa shape index (κ2) is 7.17. The lowest BCUT2D eigenvalue weighted by Crippen LogP contribution is -2.31. The molecule has 2 aromatic rings. The third kappa shape index (κ3) is 3.65. The van der Waals surface area contributed by atoms with E-state index in [9.17, 15) is 4.79 Å². The molecule has 0 unspecified atom stereocenters. The Balaban J connectivity index is 2.13. The molecule has 0 fully saturated rings. The number of hydrogen-bond acceptors (Lipinski definition) is 4. The maximum Gasteiger partial charge on any atom is 0.273 e. The maximum atomic E-state index is 12.5. The number of carbonyl (C=O) groups is 1. The van der Waals surface area contributed by atoms with Crippen LogP contribution < -0.4 is 5.73 Å². The third-order valence-electron chi connectivity index (χ3n) is 2.94. The molecule has 106 valence electrons. The summed E-state index contributed by atoms with van der Waals surface area (Å²) in [5.41, 5.74) is 7.17. The van der Waals surface area contributed by atoms with Crippen molar-refractivity contribution in [2.45, 2.75) is 26.4 Å². The zero-order valence-electron chi connectivity index (χ0n) is 11.6. The Hall–Kier alpha value is -1.72. The summed E-state index contributed by atoms with van der Waals surface area (Å²) in [6.07, 6.45) is 0.923. The lowest BCUT2D eigenvalue weighted by atomic mass is 10.2. The number of amides is 1. The average molecular weight is 289 g/mol. The van der Waals surface area contributed by atoms with E-state index in [1.165, 1.54) is 11.3 Å². The van der Waals surface area contributed by atoms with Crippen LogP contribution in [0, 0.1) is 0 Å². The standard InChI is InChI=1S/C15H19N3OS/c1-2-8-18(10-12-6-4-3-5-7-12)15(19)13-11-20-14(9-16)17-13/h3-7,11H,2,8-10,16H2,1H3. The van der Waals surface area contributed by atoms with E-state index in [0.29, 0.717) is 18.8 Å². The van der Waals surface area contributed by atoms with E-state index in [-0.39, 0.29) is 5.91 Å². The van der Waals surface area contributed by atoms with Crippen LogP contribution in [0.15, 0.2) is 35.7 Å². The molecule has 2 rings (SSSR count). The number of carbonyl (C=O) groups excluding carboxylic acids is 1. The lowest BCUT2D eigenvalue weighted by Gasteiger charge is -2.21. The van der Waals surface area contributed by atoms with Crippen LogP contribution in [0.3, 0.4) is 0 Å². The van der Waals surface area contributed by atoms with Gasteiger partial charge in [-0.3, -0.25) is 4.79 Å². The number of aromatic nitrogens is 1. The van der Waals surface area contributed by atoms with Crippen LogP contribution in [0.1, 0.15) is 34.4 Å². The first kappa shape index (κ1) is 14.7. The van der Waals surface area contributed by atoms with E-state index >= 15 is 0 Å². The third-order valence-corrected chi connectivity index (χ3v) is 3.81. The highest BCUT2D eigenvalue weighted by Gasteiger charge is 2.18. The van der Waals surface area contributed by atoms with Crippen molar-refractivity contribution in [3.05, 3.63) is 52.0 Å². The zero-order chi connectivity index (χ0) is 14.4. The van der Waals surface area contributed by atoms with E-state index in [0.717, 1.165) is 23.5 Å². The van der Waals surface area contributed by atoms with Gasteiger partial charge >= 0.3 is 0 Å². The van der Waals surface area contributed by atoms with Crippen molar-refractivity contribution < 1.29 is 4.79 Å². The normalized spacial score (nSPS) is 10.5. The Kier molecular flexibility index (Phi) is 5.26. The topological polar surface area (TPSA) is 59.2 Å². The van der Waals surface area contributed by atoms with Gasteiger partial charge in [-0.05, 0) is 12.0 Å². The van der Waals surface area contributed by atoms with Crippen LogP contribution in [-0.2, 0) is 13.1 Å². The van der Waals surface area contributed by atoms with Crippen molar-refractivity contribution in [2.75, 3.05) is 6.54 Å². The molecule has 20 heavy (non-hydrogen) atoms. The van der Waals surface area contributed by atoms with Crippen molar-refractivity contribution in [1.82, 2.24) is 9.88 Å². The summed E-state index contributed by atoms with van der Waals surface area (Å²) in [5.74, 6) is -0.0216. The quantitative estimate of drug-likeness (QED) is 0.889. The number of nitrogens with two attached hydrogens (primary N) is 1. The number of thiazole rings is 1. The Morgan fingerprint density at radius 2 is 2.10 bits per heavy atom. The first-order valence-corrected chi connectivity index (χ1v) is 7.60. The van der Waals surface area contributed by atoms with Gasteiger partial charge in [0.1, 0.15) is 10.7 Å².